The van der Waals surface area contributed by atoms with E-state index in [-0.39, 0.29) is 5.41 Å². The highest BCUT2D eigenvalue weighted by Gasteiger charge is 2.26. The average Bonchev–Trinajstić information content (AvgIpc) is 2.99. The monoisotopic (exact) mass is 732 g/mol. The van der Waals surface area contributed by atoms with Gasteiger partial charge in [-0.25, -0.2) is 0 Å². The Labute approximate surface area is 299 Å². The largest absolute Gasteiger partial charge is 0.490 e. The number of hydrogen-bond donors (Lipinski definition) is 2. The predicted molar refractivity (Wildman–Crippen MR) is 213 cm³/mol. The Bertz CT molecular complexity index is 998. The van der Waals surface area contributed by atoms with Crippen LogP contribution in [0.4, 0.5) is 0 Å². The van der Waals surface area contributed by atoms with Crippen molar-refractivity contribution in [2.24, 2.45) is 0 Å². The molecule has 0 aromatic heterocycles. The predicted octanol–water partition coefficient (Wildman–Crippen LogP) is 8.38. The number of ether oxygens (including phenoxy) is 2. The van der Waals surface area contributed by atoms with Crippen LogP contribution >= 0.6 is 70.6 Å². The van der Waals surface area contributed by atoms with Gasteiger partial charge in [0.2, 0.25) is 0 Å². The highest BCUT2D eigenvalue weighted by Crippen LogP contribution is 2.38. The molecule has 45 heavy (non-hydrogen) atoms. The van der Waals surface area contributed by atoms with Gasteiger partial charge in [-0.1, -0.05) is 38.1 Å². The normalized spacial score (nSPS) is 13.2. The van der Waals surface area contributed by atoms with E-state index in [1.54, 1.807) is 23.5 Å². The van der Waals surface area contributed by atoms with Crippen LogP contribution in [0.5, 0.6) is 11.5 Å². The van der Waals surface area contributed by atoms with Crippen molar-refractivity contribution in [2.75, 3.05) is 83.3 Å². The third-order valence-corrected chi connectivity index (χ3v) is 13.9. The third kappa shape index (κ3) is 15.0. The van der Waals surface area contributed by atoms with Crippen molar-refractivity contribution in [2.45, 2.75) is 59.2 Å². The highest BCUT2D eigenvalue weighted by atomic mass is 32.2. The Morgan fingerprint density at radius 2 is 0.867 bits per heavy atom. The molecule has 2 rings (SSSR count). The van der Waals surface area contributed by atoms with Crippen molar-refractivity contribution in [3.63, 3.8) is 0 Å². The van der Waals surface area contributed by atoms with Crippen molar-refractivity contribution in [1.82, 2.24) is 0 Å². The zero-order valence-corrected chi connectivity index (χ0v) is 33.5. The van der Waals surface area contributed by atoms with Crippen molar-refractivity contribution in [1.29, 1.82) is 0 Å². The maximum atomic E-state index is 10.5. The van der Waals surface area contributed by atoms with Crippen LogP contribution in [0.25, 0.3) is 0 Å². The van der Waals surface area contributed by atoms with Crippen LogP contribution < -0.4 is 9.47 Å². The van der Waals surface area contributed by atoms with Crippen LogP contribution in [-0.4, -0.2) is 106 Å². The summed E-state index contributed by atoms with van der Waals surface area (Å²) in [5, 5.41) is 21.0. The molecular formula is C35H56O4S6. The average molecular weight is 733 g/mol. The Kier molecular flexibility index (Phi) is 20.8. The van der Waals surface area contributed by atoms with Gasteiger partial charge in [0.1, 0.15) is 24.7 Å². The minimum absolute atomic E-state index is 0.226. The molecular weight excluding hydrogens is 677 g/mol. The summed E-state index contributed by atoms with van der Waals surface area (Å²) in [6.45, 7) is 13.5. The SMILES string of the molecule is CSCCSCCSCC(O)COc1c(C)cc(C(C)(C)c2cc(C)c(OCC(O)CSCCSCCSC)c(C)c2)cc1C. The zero-order chi connectivity index (χ0) is 33.2. The van der Waals surface area contributed by atoms with Crippen LogP contribution in [0.3, 0.4) is 0 Å². The summed E-state index contributed by atoms with van der Waals surface area (Å²) in [5.41, 5.74) is 6.57. The van der Waals surface area contributed by atoms with E-state index in [1.807, 2.05) is 47.0 Å². The fraction of sp³-hybridized carbons (Fsp3) is 0.657. The molecule has 2 aromatic carbocycles. The first-order valence-electron chi connectivity index (χ1n) is 15.6. The van der Waals surface area contributed by atoms with Gasteiger partial charge in [-0.05, 0) is 73.6 Å². The molecule has 0 bridgehead atoms. The van der Waals surface area contributed by atoms with Gasteiger partial charge in [0.05, 0.1) is 12.2 Å². The Morgan fingerprint density at radius 1 is 0.556 bits per heavy atom. The molecule has 2 atom stereocenters. The van der Waals surface area contributed by atoms with Crippen LogP contribution in [0.2, 0.25) is 0 Å². The van der Waals surface area contributed by atoms with Gasteiger partial charge in [0.25, 0.3) is 0 Å². The number of rotatable bonds is 24. The van der Waals surface area contributed by atoms with Crippen LogP contribution in [-0.2, 0) is 5.41 Å². The molecule has 0 heterocycles. The molecule has 2 unspecified atom stereocenters. The van der Waals surface area contributed by atoms with Crippen molar-refractivity contribution in [3.05, 3.63) is 57.6 Å². The maximum absolute atomic E-state index is 10.5. The second-order valence-electron chi connectivity index (χ2n) is 11.8. The van der Waals surface area contributed by atoms with Crippen molar-refractivity contribution < 1.29 is 19.7 Å². The van der Waals surface area contributed by atoms with Gasteiger partial charge in [-0.15, -0.1) is 0 Å². The minimum atomic E-state index is -0.480. The molecule has 10 heteroatoms. The molecule has 0 fully saturated rings. The Hall–Kier alpha value is 0.0600. The van der Waals surface area contributed by atoms with E-state index in [9.17, 15) is 10.2 Å². The van der Waals surface area contributed by atoms with Crippen LogP contribution in [0, 0.1) is 27.7 Å². The lowest BCUT2D eigenvalue weighted by molar-refractivity contribution is 0.125. The number of aryl methyl sites for hydroxylation is 4. The van der Waals surface area contributed by atoms with Gasteiger partial charge in [-0.3, -0.25) is 0 Å². The Morgan fingerprint density at radius 3 is 1.20 bits per heavy atom. The molecule has 0 aliphatic rings. The van der Waals surface area contributed by atoms with E-state index >= 15 is 0 Å². The first-order chi connectivity index (χ1) is 21.5. The molecule has 0 saturated carbocycles. The van der Waals surface area contributed by atoms with Gasteiger partial charge in [0.15, 0.2) is 0 Å². The zero-order valence-electron chi connectivity index (χ0n) is 28.6. The first kappa shape index (κ1) is 41.2. The second kappa shape index (κ2) is 22.6. The van der Waals surface area contributed by atoms with Gasteiger partial charge in [0, 0.05) is 62.9 Å². The quantitative estimate of drug-likeness (QED) is 0.103. The maximum Gasteiger partial charge on any atom is 0.125 e. The van der Waals surface area contributed by atoms with E-state index in [1.165, 1.54) is 34.1 Å². The number of thioether (sulfide) groups is 6. The molecule has 256 valence electrons. The van der Waals surface area contributed by atoms with Gasteiger partial charge >= 0.3 is 0 Å². The summed E-state index contributed by atoms with van der Waals surface area (Å²) in [4.78, 5) is 0. The smallest absolute Gasteiger partial charge is 0.125 e. The molecule has 0 aliphatic carbocycles. The number of hydrogen-bond acceptors (Lipinski definition) is 10. The van der Waals surface area contributed by atoms with Gasteiger partial charge in [-0.2, -0.15) is 70.6 Å². The van der Waals surface area contributed by atoms with Gasteiger partial charge < -0.3 is 19.7 Å². The number of benzene rings is 2. The summed E-state index contributed by atoms with van der Waals surface area (Å²) >= 11 is 11.3. The summed E-state index contributed by atoms with van der Waals surface area (Å²) in [7, 11) is 0. The minimum Gasteiger partial charge on any atom is -0.490 e. The van der Waals surface area contributed by atoms with Crippen LogP contribution in [0.1, 0.15) is 47.2 Å². The lowest BCUT2D eigenvalue weighted by Gasteiger charge is -2.29. The lowest BCUT2D eigenvalue weighted by Crippen LogP contribution is -2.23. The first-order valence-corrected chi connectivity index (χ1v) is 23.1. The van der Waals surface area contributed by atoms with Crippen molar-refractivity contribution >= 4 is 70.6 Å². The van der Waals surface area contributed by atoms with E-state index < -0.39 is 12.2 Å². The fourth-order valence-electron chi connectivity index (χ4n) is 4.86. The molecule has 4 nitrogen and oxygen atoms in total. The van der Waals surface area contributed by atoms with Crippen molar-refractivity contribution in [3.8, 4) is 11.5 Å². The Balaban J connectivity index is 1.94. The highest BCUT2D eigenvalue weighted by molar-refractivity contribution is 8.04. The lowest BCUT2D eigenvalue weighted by atomic mass is 9.76. The summed E-state index contributed by atoms with van der Waals surface area (Å²) in [6, 6.07) is 8.89. The summed E-state index contributed by atoms with van der Waals surface area (Å²) < 4.78 is 12.3. The molecule has 0 aliphatic heterocycles. The number of aliphatic hydroxyl groups is 2. The summed E-state index contributed by atoms with van der Waals surface area (Å²) in [5.74, 6) is 12.3. The fourth-order valence-corrected chi connectivity index (χ4v) is 10.5. The standard InChI is InChI=1S/C35H56O4S6/c1-25-17-29(18-26(2)33(25)38-21-31(36)23-44-15-13-42-11-9-40-7)35(5,6)30-19-27(3)34(28(4)20-30)39-22-32(37)24-45-16-14-43-12-10-41-8/h17-20,31-32,36-37H,9-16,21-24H2,1-8H3. The second-order valence-corrected chi connectivity index (χ2v) is 18.5. The molecule has 2 aromatic rings. The topological polar surface area (TPSA) is 58.9 Å². The summed E-state index contributed by atoms with van der Waals surface area (Å²) in [6.07, 6.45) is 3.33. The molecule has 0 spiro atoms. The van der Waals surface area contributed by atoms with E-state index in [4.69, 9.17) is 9.47 Å². The molecule has 2 N–H and O–H groups in total. The van der Waals surface area contributed by atoms with E-state index in [0.29, 0.717) is 24.7 Å². The third-order valence-electron chi connectivity index (χ3n) is 7.43. The molecule has 0 amide bonds. The number of aliphatic hydroxyl groups excluding tert-OH is 2. The molecule has 0 radical (unpaired) electrons. The van der Waals surface area contributed by atoms with Crippen LogP contribution in [0.15, 0.2) is 24.3 Å². The van der Waals surface area contributed by atoms with E-state index in [2.05, 4.69) is 78.3 Å². The molecule has 0 saturated heterocycles. The van der Waals surface area contributed by atoms with E-state index in [0.717, 1.165) is 56.8 Å².